The highest BCUT2D eigenvalue weighted by atomic mass is 32.2. The molecule has 0 fully saturated rings. The number of para-hydroxylation sites is 1. The van der Waals surface area contributed by atoms with Crippen molar-refractivity contribution in [3.05, 3.63) is 47.5 Å². The molecule has 2 rings (SSSR count). The van der Waals surface area contributed by atoms with Crippen molar-refractivity contribution in [3.63, 3.8) is 0 Å². The smallest absolute Gasteiger partial charge is 0.339 e. The molecule has 0 unspecified atom stereocenters. The van der Waals surface area contributed by atoms with E-state index in [1.807, 2.05) is 0 Å². The van der Waals surface area contributed by atoms with Gasteiger partial charge in [0.2, 0.25) is 0 Å². The van der Waals surface area contributed by atoms with E-state index in [9.17, 15) is 28.2 Å². The number of amides is 1. The normalized spacial score (nSPS) is 11.0. The fourth-order valence-corrected chi connectivity index (χ4v) is 2.59. The van der Waals surface area contributed by atoms with Crippen molar-refractivity contribution in [1.29, 1.82) is 0 Å². The highest BCUT2D eigenvalue weighted by Crippen LogP contribution is 2.29. The Bertz CT molecular complexity index is 936. The van der Waals surface area contributed by atoms with E-state index < -0.39 is 49.5 Å². The van der Waals surface area contributed by atoms with Crippen LogP contribution in [0.5, 0.6) is 11.5 Å². The molecule has 2 aromatic rings. The number of aromatic carboxylic acids is 1. The first-order chi connectivity index (χ1) is 11.1. The van der Waals surface area contributed by atoms with Crippen LogP contribution in [-0.4, -0.2) is 40.2 Å². The Labute approximate surface area is 135 Å². The number of benzene rings is 2. The van der Waals surface area contributed by atoms with Gasteiger partial charge in [0.15, 0.2) is 0 Å². The summed E-state index contributed by atoms with van der Waals surface area (Å²) in [4.78, 5) is 22.6. The van der Waals surface area contributed by atoms with Gasteiger partial charge in [-0.3, -0.25) is 9.35 Å². The summed E-state index contributed by atoms with van der Waals surface area (Å²) >= 11 is 0. The fraction of sp³-hybridized carbons (Fsp3) is 0. The first kappa shape index (κ1) is 17.2. The fourth-order valence-electron chi connectivity index (χ4n) is 1.94. The van der Waals surface area contributed by atoms with Gasteiger partial charge in [0.1, 0.15) is 22.0 Å². The number of phenolic OH excluding ortho intramolecular Hbond substituents is 1. The highest BCUT2D eigenvalue weighted by molar-refractivity contribution is 7.86. The zero-order valence-electron chi connectivity index (χ0n) is 11.8. The zero-order valence-corrected chi connectivity index (χ0v) is 12.6. The minimum Gasteiger partial charge on any atom is -0.508 e. The van der Waals surface area contributed by atoms with E-state index in [0.29, 0.717) is 0 Å². The van der Waals surface area contributed by atoms with Gasteiger partial charge in [-0.15, -0.1) is 0 Å². The van der Waals surface area contributed by atoms with Gasteiger partial charge in [0, 0.05) is 0 Å². The number of hydrogen-bond acceptors (Lipinski definition) is 6. The predicted octanol–water partition coefficient (Wildman–Crippen LogP) is 1.29. The maximum absolute atomic E-state index is 12.2. The van der Waals surface area contributed by atoms with Crippen molar-refractivity contribution in [2.45, 2.75) is 4.90 Å². The Hall–Kier alpha value is -3.11. The molecule has 2 aromatic carbocycles. The molecule has 126 valence electrons. The lowest BCUT2D eigenvalue weighted by molar-refractivity contribution is 0.0693. The Kier molecular flexibility index (Phi) is 4.44. The van der Waals surface area contributed by atoms with Crippen molar-refractivity contribution < 1.29 is 37.9 Å². The number of hydrogen-bond donors (Lipinski definition) is 5. The number of carboxylic acids is 1. The Morgan fingerprint density at radius 2 is 1.58 bits per heavy atom. The molecule has 0 radical (unpaired) electrons. The van der Waals surface area contributed by atoms with E-state index in [-0.39, 0.29) is 5.69 Å². The average Bonchev–Trinajstić information content (AvgIpc) is 2.48. The number of carbonyl (C=O) groups excluding carboxylic acids is 1. The summed E-state index contributed by atoms with van der Waals surface area (Å²) in [5.41, 5.74) is -1.58. The van der Waals surface area contributed by atoms with Crippen molar-refractivity contribution in [3.8, 4) is 11.5 Å². The van der Waals surface area contributed by atoms with Crippen LogP contribution in [0.2, 0.25) is 0 Å². The van der Waals surface area contributed by atoms with Gasteiger partial charge in [-0.05, 0) is 24.3 Å². The standard InChI is InChI=1S/C14H11NO8S/c16-7-5-8(12(17)9(6-7)14(19)20)13(18)15-10-3-1-2-4-11(10)24(21,22)23/h1-6,16-17H,(H,15,18)(H,19,20)(H,21,22,23). The lowest BCUT2D eigenvalue weighted by Gasteiger charge is -2.11. The molecule has 9 nitrogen and oxygen atoms in total. The Morgan fingerprint density at radius 3 is 2.17 bits per heavy atom. The number of phenols is 2. The molecule has 0 saturated heterocycles. The first-order valence-electron chi connectivity index (χ1n) is 6.28. The first-order valence-corrected chi connectivity index (χ1v) is 7.72. The summed E-state index contributed by atoms with van der Waals surface area (Å²) < 4.78 is 31.7. The molecular formula is C14H11NO8S. The third-order valence-electron chi connectivity index (χ3n) is 2.98. The van der Waals surface area contributed by atoms with Crippen LogP contribution in [0.1, 0.15) is 20.7 Å². The van der Waals surface area contributed by atoms with E-state index in [1.54, 1.807) is 0 Å². The third-order valence-corrected chi connectivity index (χ3v) is 3.89. The summed E-state index contributed by atoms with van der Waals surface area (Å²) in [6.07, 6.45) is 0. The van der Waals surface area contributed by atoms with Crippen LogP contribution in [0.25, 0.3) is 0 Å². The molecule has 0 aromatic heterocycles. The molecule has 5 N–H and O–H groups in total. The Balaban J connectivity index is 2.48. The molecule has 0 atom stereocenters. The second-order valence-electron chi connectivity index (χ2n) is 4.62. The minimum atomic E-state index is -4.62. The second kappa shape index (κ2) is 6.18. The van der Waals surface area contributed by atoms with Gasteiger partial charge in [-0.2, -0.15) is 8.42 Å². The number of nitrogens with one attached hydrogen (secondary N) is 1. The maximum atomic E-state index is 12.2. The van der Waals surface area contributed by atoms with E-state index in [4.69, 9.17) is 9.66 Å². The lowest BCUT2D eigenvalue weighted by Crippen LogP contribution is -2.15. The quantitative estimate of drug-likeness (QED) is 0.406. The molecule has 0 aliphatic carbocycles. The van der Waals surface area contributed by atoms with Crippen LogP contribution < -0.4 is 5.32 Å². The van der Waals surface area contributed by atoms with E-state index in [2.05, 4.69) is 5.32 Å². The summed E-state index contributed by atoms with van der Waals surface area (Å²) in [6, 6.07) is 6.48. The van der Waals surface area contributed by atoms with E-state index >= 15 is 0 Å². The van der Waals surface area contributed by atoms with Crippen molar-refractivity contribution in [2.75, 3.05) is 5.32 Å². The van der Waals surface area contributed by atoms with E-state index in [1.165, 1.54) is 18.2 Å². The van der Waals surface area contributed by atoms with Crippen LogP contribution in [0, 0.1) is 0 Å². The molecule has 0 spiro atoms. The van der Waals surface area contributed by atoms with Crippen molar-refractivity contribution >= 4 is 27.7 Å². The number of anilines is 1. The predicted molar refractivity (Wildman–Crippen MR) is 80.9 cm³/mol. The molecule has 0 aliphatic heterocycles. The average molecular weight is 353 g/mol. The van der Waals surface area contributed by atoms with Gasteiger partial charge in [0.25, 0.3) is 16.0 Å². The van der Waals surface area contributed by atoms with Gasteiger partial charge in [-0.1, -0.05) is 12.1 Å². The van der Waals surface area contributed by atoms with E-state index in [0.717, 1.165) is 18.2 Å². The molecule has 10 heteroatoms. The zero-order chi connectivity index (χ0) is 18.1. The number of carboxylic acid groups (broad SMARTS) is 1. The lowest BCUT2D eigenvalue weighted by atomic mass is 10.1. The molecule has 24 heavy (non-hydrogen) atoms. The molecule has 1 amide bonds. The summed E-state index contributed by atoms with van der Waals surface area (Å²) in [6.45, 7) is 0. The van der Waals surface area contributed by atoms with Gasteiger partial charge in [-0.25, -0.2) is 4.79 Å². The Morgan fingerprint density at radius 1 is 1.00 bits per heavy atom. The van der Waals surface area contributed by atoms with Crippen LogP contribution in [0.15, 0.2) is 41.3 Å². The van der Waals surface area contributed by atoms with Crippen LogP contribution in [-0.2, 0) is 10.1 Å². The van der Waals surface area contributed by atoms with Gasteiger partial charge in [0.05, 0.1) is 11.3 Å². The van der Waals surface area contributed by atoms with Crippen LogP contribution in [0.3, 0.4) is 0 Å². The molecular weight excluding hydrogens is 342 g/mol. The maximum Gasteiger partial charge on any atom is 0.339 e. The topological polar surface area (TPSA) is 161 Å². The van der Waals surface area contributed by atoms with Gasteiger partial charge >= 0.3 is 5.97 Å². The minimum absolute atomic E-state index is 0.287. The molecule has 0 saturated carbocycles. The third kappa shape index (κ3) is 3.45. The summed E-state index contributed by atoms with van der Waals surface area (Å²) in [5, 5.41) is 30.4. The number of aromatic hydroxyl groups is 2. The number of rotatable bonds is 4. The SMILES string of the molecule is O=C(O)c1cc(O)cc(C(=O)Nc2ccccc2S(=O)(=O)O)c1O. The number of carbonyl (C=O) groups is 2. The molecule has 0 bridgehead atoms. The second-order valence-corrected chi connectivity index (χ2v) is 6.01. The highest BCUT2D eigenvalue weighted by Gasteiger charge is 2.22. The van der Waals surface area contributed by atoms with Crippen LogP contribution in [0.4, 0.5) is 5.69 Å². The van der Waals surface area contributed by atoms with Crippen LogP contribution >= 0.6 is 0 Å². The van der Waals surface area contributed by atoms with Gasteiger partial charge < -0.3 is 20.6 Å². The largest absolute Gasteiger partial charge is 0.508 e. The van der Waals surface area contributed by atoms with Crippen molar-refractivity contribution in [2.24, 2.45) is 0 Å². The monoisotopic (exact) mass is 353 g/mol. The summed E-state index contributed by atoms with van der Waals surface area (Å²) in [7, 11) is -4.62. The van der Waals surface area contributed by atoms with Crippen molar-refractivity contribution in [1.82, 2.24) is 0 Å². The molecule has 0 aliphatic rings. The summed E-state index contributed by atoms with van der Waals surface area (Å²) in [5.74, 6) is -4.14. The molecule has 0 heterocycles.